The number of carbonyl (C=O) groups is 1. The Balaban J connectivity index is 1.68. The maximum atomic E-state index is 11.8. The molecular formula is C13H21N7O. The zero-order valence-corrected chi connectivity index (χ0v) is 12.6. The molecule has 0 saturated carbocycles. The summed E-state index contributed by atoms with van der Waals surface area (Å²) in [6, 6.07) is -0.386. The van der Waals surface area contributed by atoms with Crippen LogP contribution in [0.5, 0.6) is 0 Å². The first kappa shape index (κ1) is 15.0. The highest BCUT2D eigenvalue weighted by molar-refractivity contribution is 5.74. The van der Waals surface area contributed by atoms with Gasteiger partial charge < -0.3 is 15.2 Å². The summed E-state index contributed by atoms with van der Waals surface area (Å²) >= 11 is 0. The fraction of sp³-hybridized carbons (Fsp3) is 0.538. The Morgan fingerprint density at radius 2 is 2.33 bits per heavy atom. The lowest BCUT2D eigenvalue weighted by Crippen LogP contribution is -2.38. The highest BCUT2D eigenvalue weighted by atomic mass is 16.2. The fourth-order valence-electron chi connectivity index (χ4n) is 2.10. The van der Waals surface area contributed by atoms with Gasteiger partial charge in [-0.1, -0.05) is 0 Å². The fourth-order valence-corrected chi connectivity index (χ4v) is 2.10. The minimum atomic E-state index is -0.200. The molecule has 0 spiro atoms. The third-order valence-corrected chi connectivity index (χ3v) is 3.32. The van der Waals surface area contributed by atoms with E-state index in [1.165, 1.54) is 5.56 Å². The van der Waals surface area contributed by atoms with Gasteiger partial charge in [-0.15, -0.1) is 10.2 Å². The van der Waals surface area contributed by atoms with Crippen molar-refractivity contribution in [1.82, 2.24) is 35.6 Å². The molecule has 0 unspecified atom stereocenters. The molecular weight excluding hydrogens is 270 g/mol. The molecule has 2 aromatic rings. The number of rotatable bonds is 6. The molecule has 2 amide bonds. The van der Waals surface area contributed by atoms with Crippen molar-refractivity contribution in [2.24, 2.45) is 7.05 Å². The van der Waals surface area contributed by atoms with Gasteiger partial charge in [0.1, 0.15) is 6.33 Å². The van der Waals surface area contributed by atoms with Crippen molar-refractivity contribution in [3.8, 4) is 0 Å². The summed E-state index contributed by atoms with van der Waals surface area (Å²) in [6.45, 7) is 4.48. The molecule has 0 aliphatic carbocycles. The average Bonchev–Trinajstić information content (AvgIpc) is 3.03. The first-order valence-corrected chi connectivity index (χ1v) is 6.95. The second kappa shape index (κ2) is 6.87. The van der Waals surface area contributed by atoms with Crippen LogP contribution < -0.4 is 10.6 Å². The summed E-state index contributed by atoms with van der Waals surface area (Å²) in [5.41, 5.74) is 2.26. The second-order valence-electron chi connectivity index (χ2n) is 5.05. The number of aryl methyl sites for hydroxylation is 3. The molecule has 8 heteroatoms. The highest BCUT2D eigenvalue weighted by Crippen LogP contribution is 2.07. The van der Waals surface area contributed by atoms with E-state index in [-0.39, 0.29) is 12.1 Å². The van der Waals surface area contributed by atoms with E-state index < -0.39 is 0 Å². The van der Waals surface area contributed by atoms with Crippen LogP contribution in [0.15, 0.2) is 12.5 Å². The molecule has 0 aliphatic rings. The lowest BCUT2D eigenvalue weighted by Gasteiger charge is -2.13. The Bertz CT molecular complexity index is 589. The Morgan fingerprint density at radius 3 is 2.95 bits per heavy atom. The number of hydrogen-bond donors (Lipinski definition) is 3. The topological polar surface area (TPSA) is 101 Å². The van der Waals surface area contributed by atoms with Crippen molar-refractivity contribution in [2.45, 2.75) is 32.7 Å². The molecule has 0 aromatic carbocycles. The van der Waals surface area contributed by atoms with E-state index in [2.05, 4.69) is 31.0 Å². The third kappa shape index (κ3) is 4.04. The zero-order chi connectivity index (χ0) is 15.2. The van der Waals surface area contributed by atoms with Gasteiger partial charge in [0, 0.05) is 19.3 Å². The normalized spacial score (nSPS) is 12.1. The van der Waals surface area contributed by atoms with E-state index in [1.807, 2.05) is 27.1 Å². The number of nitrogens with one attached hydrogen (secondary N) is 3. The SMILES string of the molecule is Cc1[nH]ncc1CCCNC(=O)N[C@H](C)c1nncn1C. The number of urea groups is 1. The van der Waals surface area contributed by atoms with Crippen LogP contribution in [0.1, 0.15) is 36.5 Å². The molecule has 2 aromatic heterocycles. The average molecular weight is 291 g/mol. The third-order valence-electron chi connectivity index (χ3n) is 3.32. The number of carbonyl (C=O) groups excluding carboxylic acids is 1. The van der Waals surface area contributed by atoms with Crippen LogP contribution in [-0.2, 0) is 13.5 Å². The van der Waals surface area contributed by atoms with Crippen LogP contribution in [0, 0.1) is 6.92 Å². The molecule has 8 nitrogen and oxygen atoms in total. The van der Waals surface area contributed by atoms with Crippen molar-refractivity contribution in [1.29, 1.82) is 0 Å². The van der Waals surface area contributed by atoms with Crippen LogP contribution in [0.3, 0.4) is 0 Å². The van der Waals surface area contributed by atoms with E-state index in [4.69, 9.17) is 0 Å². The molecule has 2 heterocycles. The maximum absolute atomic E-state index is 11.8. The minimum absolute atomic E-state index is 0.186. The molecule has 3 N–H and O–H groups in total. The zero-order valence-electron chi connectivity index (χ0n) is 12.6. The number of amides is 2. The molecule has 0 saturated heterocycles. The number of H-pyrrole nitrogens is 1. The van der Waals surface area contributed by atoms with E-state index >= 15 is 0 Å². The predicted octanol–water partition coefficient (Wildman–Crippen LogP) is 0.840. The molecule has 114 valence electrons. The summed E-state index contributed by atoms with van der Waals surface area (Å²) < 4.78 is 1.78. The predicted molar refractivity (Wildman–Crippen MR) is 77.6 cm³/mol. The van der Waals surface area contributed by atoms with Gasteiger partial charge in [-0.3, -0.25) is 5.10 Å². The summed E-state index contributed by atoms with van der Waals surface area (Å²) in [5, 5.41) is 20.3. The number of aromatic amines is 1. The molecule has 0 radical (unpaired) electrons. The van der Waals surface area contributed by atoms with Crippen LogP contribution in [0.2, 0.25) is 0 Å². The second-order valence-corrected chi connectivity index (χ2v) is 5.05. The van der Waals surface area contributed by atoms with Crippen molar-refractivity contribution < 1.29 is 4.79 Å². The van der Waals surface area contributed by atoms with E-state index in [0.29, 0.717) is 6.54 Å². The van der Waals surface area contributed by atoms with Gasteiger partial charge >= 0.3 is 6.03 Å². The Labute approximate surface area is 123 Å². The molecule has 0 fully saturated rings. The minimum Gasteiger partial charge on any atom is -0.338 e. The quantitative estimate of drug-likeness (QED) is 0.686. The monoisotopic (exact) mass is 291 g/mol. The Hall–Kier alpha value is -2.38. The van der Waals surface area contributed by atoms with Gasteiger partial charge in [0.15, 0.2) is 5.82 Å². The van der Waals surface area contributed by atoms with Crippen molar-refractivity contribution >= 4 is 6.03 Å². The molecule has 0 bridgehead atoms. The van der Waals surface area contributed by atoms with Gasteiger partial charge in [-0.25, -0.2) is 4.79 Å². The van der Waals surface area contributed by atoms with Crippen LogP contribution in [-0.4, -0.2) is 37.5 Å². The van der Waals surface area contributed by atoms with Gasteiger partial charge in [-0.2, -0.15) is 5.10 Å². The van der Waals surface area contributed by atoms with Crippen LogP contribution in [0.4, 0.5) is 4.79 Å². The van der Waals surface area contributed by atoms with Crippen LogP contribution >= 0.6 is 0 Å². The standard InChI is InChI=1S/C13H21N7O/c1-9-11(7-15-18-9)5-4-6-14-13(21)17-10(2)12-19-16-8-20(12)3/h7-8,10H,4-6H2,1-3H3,(H,15,18)(H2,14,17,21)/t10-/m1/s1. The van der Waals surface area contributed by atoms with E-state index in [1.54, 1.807) is 10.9 Å². The van der Waals surface area contributed by atoms with Crippen molar-refractivity contribution in [2.75, 3.05) is 6.54 Å². The largest absolute Gasteiger partial charge is 0.338 e. The summed E-state index contributed by atoms with van der Waals surface area (Å²) in [4.78, 5) is 11.8. The summed E-state index contributed by atoms with van der Waals surface area (Å²) in [6.07, 6.45) is 5.19. The highest BCUT2D eigenvalue weighted by Gasteiger charge is 2.13. The molecule has 2 rings (SSSR count). The van der Waals surface area contributed by atoms with E-state index in [9.17, 15) is 4.79 Å². The summed E-state index contributed by atoms with van der Waals surface area (Å²) in [5.74, 6) is 0.721. The first-order valence-electron chi connectivity index (χ1n) is 6.95. The smallest absolute Gasteiger partial charge is 0.315 e. The molecule has 21 heavy (non-hydrogen) atoms. The van der Waals surface area contributed by atoms with Gasteiger partial charge in [0.2, 0.25) is 0 Å². The number of hydrogen-bond acceptors (Lipinski definition) is 4. The maximum Gasteiger partial charge on any atom is 0.315 e. The van der Waals surface area contributed by atoms with Crippen LogP contribution in [0.25, 0.3) is 0 Å². The van der Waals surface area contributed by atoms with Gasteiger partial charge in [-0.05, 0) is 32.3 Å². The van der Waals surface area contributed by atoms with Crippen molar-refractivity contribution in [3.63, 3.8) is 0 Å². The Kier molecular flexibility index (Phi) is 4.91. The lowest BCUT2D eigenvalue weighted by atomic mass is 10.1. The Morgan fingerprint density at radius 1 is 1.52 bits per heavy atom. The first-order chi connectivity index (χ1) is 10.1. The lowest BCUT2D eigenvalue weighted by molar-refractivity contribution is 0.237. The number of aromatic nitrogens is 5. The molecule has 1 atom stereocenters. The van der Waals surface area contributed by atoms with Gasteiger partial charge in [0.05, 0.1) is 12.2 Å². The van der Waals surface area contributed by atoms with Gasteiger partial charge in [0.25, 0.3) is 0 Å². The number of nitrogens with zero attached hydrogens (tertiary/aromatic N) is 4. The van der Waals surface area contributed by atoms with E-state index in [0.717, 1.165) is 24.4 Å². The van der Waals surface area contributed by atoms with Crippen molar-refractivity contribution in [3.05, 3.63) is 29.6 Å². The summed E-state index contributed by atoms with van der Waals surface area (Å²) in [7, 11) is 1.85. The molecule has 0 aliphatic heterocycles.